The predicted octanol–water partition coefficient (Wildman–Crippen LogP) is 3.14. The topological polar surface area (TPSA) is 36.3 Å². The summed E-state index contributed by atoms with van der Waals surface area (Å²) in [6, 6.07) is 8.51. The van der Waals surface area contributed by atoms with E-state index in [0.717, 1.165) is 18.7 Å². The summed E-state index contributed by atoms with van der Waals surface area (Å²) in [5.41, 5.74) is 1.77. The number of thioether (sulfide) groups is 1. The molecule has 1 aromatic rings. The third kappa shape index (κ3) is 4.45. The van der Waals surface area contributed by atoms with Gasteiger partial charge in [0.2, 0.25) is 0 Å². The lowest BCUT2D eigenvalue weighted by atomic mass is 10.1. The molecule has 0 aliphatic rings. The van der Waals surface area contributed by atoms with E-state index in [-0.39, 0.29) is 0 Å². The van der Waals surface area contributed by atoms with Gasteiger partial charge in [-0.3, -0.25) is 4.90 Å². The number of nitriles is 1. The predicted molar refractivity (Wildman–Crippen MR) is 81.6 cm³/mol. The largest absolute Gasteiger partial charge is 0.495 e. The van der Waals surface area contributed by atoms with Crippen molar-refractivity contribution in [1.29, 1.82) is 5.26 Å². The molecule has 3 nitrogen and oxygen atoms in total. The lowest BCUT2D eigenvalue weighted by molar-refractivity contribution is 0.247. The highest BCUT2D eigenvalue weighted by Crippen LogP contribution is 2.21. The minimum absolute atomic E-state index is 0.580. The van der Waals surface area contributed by atoms with E-state index in [1.807, 2.05) is 30.0 Å². The van der Waals surface area contributed by atoms with Gasteiger partial charge in [-0.15, -0.1) is 0 Å². The van der Waals surface area contributed by atoms with Crippen LogP contribution in [-0.2, 0) is 6.54 Å². The van der Waals surface area contributed by atoms with E-state index in [2.05, 4.69) is 31.2 Å². The van der Waals surface area contributed by atoms with Gasteiger partial charge in [-0.1, -0.05) is 13.0 Å². The van der Waals surface area contributed by atoms with Gasteiger partial charge >= 0.3 is 0 Å². The molecular formula is C15H22N2OS. The van der Waals surface area contributed by atoms with Crippen LogP contribution in [0.5, 0.6) is 5.75 Å². The molecular weight excluding hydrogens is 256 g/mol. The lowest BCUT2D eigenvalue weighted by Gasteiger charge is -2.26. The maximum atomic E-state index is 8.98. The smallest absolute Gasteiger partial charge is 0.136 e. The zero-order valence-electron chi connectivity index (χ0n) is 12.1. The third-order valence-corrected chi connectivity index (χ3v) is 3.99. The molecule has 0 heterocycles. The average Bonchev–Trinajstić information content (AvgIpc) is 2.44. The Labute approximate surface area is 120 Å². The van der Waals surface area contributed by atoms with Crippen molar-refractivity contribution >= 4 is 11.8 Å². The summed E-state index contributed by atoms with van der Waals surface area (Å²) in [6.45, 7) is 3.10. The molecule has 19 heavy (non-hydrogen) atoms. The minimum atomic E-state index is 0.580. The third-order valence-electron chi connectivity index (χ3n) is 3.27. The molecule has 0 N–H and O–H groups in total. The van der Waals surface area contributed by atoms with Crippen LogP contribution in [0.25, 0.3) is 0 Å². The first kappa shape index (κ1) is 15.9. The molecule has 0 saturated heterocycles. The molecule has 4 heteroatoms. The molecule has 1 aromatic carbocycles. The Bertz CT molecular complexity index is 442. The van der Waals surface area contributed by atoms with Gasteiger partial charge in [0.25, 0.3) is 0 Å². The van der Waals surface area contributed by atoms with Crippen LogP contribution in [0.3, 0.4) is 0 Å². The second-order valence-electron chi connectivity index (χ2n) is 4.58. The molecule has 0 aromatic heterocycles. The van der Waals surface area contributed by atoms with Gasteiger partial charge in [0.05, 0.1) is 12.7 Å². The first-order chi connectivity index (χ1) is 9.15. The summed E-state index contributed by atoms with van der Waals surface area (Å²) < 4.78 is 5.25. The van der Waals surface area contributed by atoms with Crippen LogP contribution in [0.2, 0.25) is 0 Å². The van der Waals surface area contributed by atoms with Gasteiger partial charge in [0.1, 0.15) is 11.8 Å². The van der Waals surface area contributed by atoms with E-state index in [1.165, 1.54) is 5.56 Å². The van der Waals surface area contributed by atoms with Crippen LogP contribution < -0.4 is 4.74 Å². The molecule has 1 rings (SSSR count). The van der Waals surface area contributed by atoms with Crippen molar-refractivity contribution in [3.63, 3.8) is 0 Å². The van der Waals surface area contributed by atoms with Crippen molar-refractivity contribution in [3.8, 4) is 11.8 Å². The average molecular weight is 278 g/mol. The first-order valence-electron chi connectivity index (χ1n) is 6.42. The van der Waals surface area contributed by atoms with Crippen molar-refractivity contribution < 1.29 is 4.74 Å². The number of hydrogen-bond acceptors (Lipinski definition) is 4. The van der Waals surface area contributed by atoms with Crippen LogP contribution in [0.1, 0.15) is 24.5 Å². The Morgan fingerprint density at radius 1 is 1.47 bits per heavy atom. The first-order valence-corrected chi connectivity index (χ1v) is 7.81. The van der Waals surface area contributed by atoms with Crippen LogP contribution in [0.15, 0.2) is 18.2 Å². The number of benzene rings is 1. The highest BCUT2D eigenvalue weighted by Gasteiger charge is 2.13. The van der Waals surface area contributed by atoms with Crippen molar-refractivity contribution in [2.24, 2.45) is 0 Å². The standard InChI is InChI=1S/C15H22N2OS/c1-5-14(11-19-4)17(2)10-12-6-7-13(9-16)15(8-12)18-3/h6-8,14H,5,10-11H2,1-4H3. The Hall–Kier alpha value is -1.18. The normalized spacial score (nSPS) is 12.2. The van der Waals surface area contributed by atoms with Gasteiger partial charge in [0.15, 0.2) is 0 Å². The monoisotopic (exact) mass is 278 g/mol. The van der Waals surface area contributed by atoms with Crippen molar-refractivity contribution in [1.82, 2.24) is 4.90 Å². The molecule has 104 valence electrons. The minimum Gasteiger partial charge on any atom is -0.495 e. The van der Waals surface area contributed by atoms with Crippen LogP contribution in [0.4, 0.5) is 0 Å². The summed E-state index contributed by atoms with van der Waals surface area (Å²) in [4.78, 5) is 2.36. The Morgan fingerprint density at radius 2 is 2.21 bits per heavy atom. The van der Waals surface area contributed by atoms with Gasteiger partial charge in [0, 0.05) is 18.3 Å². The molecule has 0 spiro atoms. The fourth-order valence-corrected chi connectivity index (χ4v) is 2.97. The van der Waals surface area contributed by atoms with E-state index < -0.39 is 0 Å². The second-order valence-corrected chi connectivity index (χ2v) is 5.49. The number of ether oxygens (including phenoxy) is 1. The van der Waals surface area contributed by atoms with Crippen molar-refractivity contribution in [3.05, 3.63) is 29.3 Å². The Morgan fingerprint density at radius 3 is 2.74 bits per heavy atom. The molecule has 0 bridgehead atoms. The molecule has 0 saturated carbocycles. The zero-order valence-corrected chi connectivity index (χ0v) is 13.0. The molecule has 1 atom stereocenters. The van der Waals surface area contributed by atoms with Crippen LogP contribution in [0, 0.1) is 11.3 Å². The Balaban J connectivity index is 2.79. The molecule has 0 aliphatic carbocycles. The van der Waals surface area contributed by atoms with Gasteiger partial charge < -0.3 is 4.74 Å². The molecule has 0 amide bonds. The number of hydrogen-bond donors (Lipinski definition) is 0. The quantitative estimate of drug-likeness (QED) is 0.767. The van der Waals surface area contributed by atoms with Gasteiger partial charge in [-0.05, 0) is 37.4 Å². The number of nitrogens with zero attached hydrogens (tertiary/aromatic N) is 2. The maximum absolute atomic E-state index is 8.98. The summed E-state index contributed by atoms with van der Waals surface area (Å²) in [6.07, 6.45) is 3.28. The van der Waals surface area contributed by atoms with Crippen LogP contribution >= 0.6 is 11.8 Å². The van der Waals surface area contributed by atoms with E-state index in [0.29, 0.717) is 17.4 Å². The molecule has 1 unspecified atom stereocenters. The Kier molecular flexibility index (Phi) is 6.75. The van der Waals surface area contributed by atoms with Gasteiger partial charge in [-0.2, -0.15) is 17.0 Å². The molecule has 0 fully saturated rings. The second kappa shape index (κ2) is 8.08. The van der Waals surface area contributed by atoms with Crippen molar-refractivity contribution in [2.45, 2.75) is 25.9 Å². The summed E-state index contributed by atoms with van der Waals surface area (Å²) in [5.74, 6) is 1.80. The fourth-order valence-electron chi connectivity index (χ4n) is 2.09. The highest BCUT2D eigenvalue weighted by atomic mass is 32.2. The maximum Gasteiger partial charge on any atom is 0.136 e. The number of methoxy groups -OCH3 is 1. The summed E-state index contributed by atoms with van der Waals surface area (Å²) in [5, 5.41) is 8.98. The van der Waals surface area contributed by atoms with E-state index >= 15 is 0 Å². The van der Waals surface area contributed by atoms with E-state index in [1.54, 1.807) is 7.11 Å². The molecule has 0 aliphatic heterocycles. The SMILES string of the molecule is CCC(CSC)N(C)Cc1ccc(C#N)c(OC)c1. The zero-order chi connectivity index (χ0) is 14.3. The highest BCUT2D eigenvalue weighted by molar-refractivity contribution is 7.98. The van der Waals surface area contributed by atoms with Crippen LogP contribution in [-0.4, -0.2) is 37.1 Å². The summed E-state index contributed by atoms with van der Waals surface area (Å²) >= 11 is 1.88. The van der Waals surface area contributed by atoms with E-state index in [4.69, 9.17) is 10.00 Å². The molecule has 0 radical (unpaired) electrons. The summed E-state index contributed by atoms with van der Waals surface area (Å²) in [7, 11) is 3.75. The van der Waals surface area contributed by atoms with Crippen molar-refractivity contribution in [2.75, 3.05) is 26.2 Å². The number of rotatable bonds is 7. The lowest BCUT2D eigenvalue weighted by Crippen LogP contribution is -2.32. The fraction of sp³-hybridized carbons (Fsp3) is 0.533. The van der Waals surface area contributed by atoms with E-state index in [9.17, 15) is 0 Å². The van der Waals surface area contributed by atoms with Gasteiger partial charge in [-0.25, -0.2) is 0 Å².